The highest BCUT2D eigenvalue weighted by atomic mass is 16.8. The molecular formula is C47H68O7. The van der Waals surface area contributed by atoms with Crippen molar-refractivity contribution >= 4 is 0 Å². The molecule has 0 bridgehead atoms. The fourth-order valence-corrected chi connectivity index (χ4v) is 6.25. The summed E-state index contributed by atoms with van der Waals surface area (Å²) in [5, 5.41) is 40.9. The van der Waals surface area contributed by atoms with Gasteiger partial charge >= 0.3 is 0 Å². The van der Waals surface area contributed by atoms with Crippen LogP contribution in [0.1, 0.15) is 95.4 Å². The van der Waals surface area contributed by atoms with Crippen molar-refractivity contribution in [3.05, 3.63) is 142 Å². The van der Waals surface area contributed by atoms with Gasteiger partial charge in [0.1, 0.15) is 18.3 Å². The smallest absolute Gasteiger partial charge is 0.189 e. The largest absolute Gasteiger partial charge is 0.393 e. The van der Waals surface area contributed by atoms with Gasteiger partial charge in [-0.25, -0.2) is 0 Å². The number of aliphatic hydroxyl groups is 4. The second-order valence-corrected chi connectivity index (χ2v) is 15.8. The molecule has 54 heavy (non-hydrogen) atoms. The lowest BCUT2D eigenvalue weighted by molar-refractivity contribution is -0.228. The van der Waals surface area contributed by atoms with Crippen LogP contribution in [0.3, 0.4) is 0 Å². The van der Waals surface area contributed by atoms with Crippen LogP contribution >= 0.6 is 0 Å². The Morgan fingerprint density at radius 3 is 1.72 bits per heavy atom. The van der Waals surface area contributed by atoms with Crippen molar-refractivity contribution in [2.24, 2.45) is 5.41 Å². The van der Waals surface area contributed by atoms with Crippen LogP contribution in [0.25, 0.3) is 0 Å². The fourth-order valence-electron chi connectivity index (χ4n) is 6.25. The number of aliphatic hydroxyl groups excluding tert-OH is 3. The van der Waals surface area contributed by atoms with E-state index in [1.807, 2.05) is 63.3 Å². The minimum Gasteiger partial charge on any atom is -0.393 e. The summed E-state index contributed by atoms with van der Waals surface area (Å²) in [7, 11) is 0. The molecule has 1 heterocycles. The lowest BCUT2D eigenvalue weighted by Gasteiger charge is -2.35. The third kappa shape index (κ3) is 17.0. The van der Waals surface area contributed by atoms with Gasteiger partial charge in [0.15, 0.2) is 13.1 Å². The predicted octanol–water partition coefficient (Wildman–Crippen LogP) is 9.54. The Labute approximate surface area is 326 Å². The number of rotatable bonds is 18. The van der Waals surface area contributed by atoms with Crippen molar-refractivity contribution in [2.75, 3.05) is 6.79 Å². The minimum absolute atomic E-state index is 0.0151. The molecule has 1 fully saturated rings. The summed E-state index contributed by atoms with van der Waals surface area (Å²) >= 11 is 0. The van der Waals surface area contributed by atoms with Crippen LogP contribution in [0.2, 0.25) is 0 Å². The van der Waals surface area contributed by atoms with E-state index in [0.29, 0.717) is 6.42 Å². The normalized spacial score (nSPS) is 26.4. The van der Waals surface area contributed by atoms with Crippen LogP contribution in [0.4, 0.5) is 0 Å². The summed E-state index contributed by atoms with van der Waals surface area (Å²) in [5.74, 6) is 0. The third-order valence-corrected chi connectivity index (χ3v) is 9.40. The fraction of sp³-hybridized carbons (Fsp3) is 0.489. The SMILES string of the molecule is CC[C@H]1O[C@@H](OCO[C@@H](/C=C/C(C)=C/C=C/C(C)=C/C=C/C(C)=C/C=C/C=C(C)/C=C/C=C(C)/C=C/C2=C(C)C[C@@H](O)CC2(C)C)C(C)(C)O)[C@H](O)[C@H]1O. The first-order valence-electron chi connectivity index (χ1n) is 19.1. The maximum absolute atomic E-state index is 10.6. The Morgan fingerprint density at radius 1 is 0.778 bits per heavy atom. The van der Waals surface area contributed by atoms with Gasteiger partial charge in [0, 0.05) is 0 Å². The molecule has 0 amide bonds. The summed E-state index contributed by atoms with van der Waals surface area (Å²) in [6.07, 6.45) is 32.3. The molecule has 298 valence electrons. The van der Waals surface area contributed by atoms with E-state index in [0.717, 1.165) is 35.1 Å². The summed E-state index contributed by atoms with van der Waals surface area (Å²) in [6.45, 7) is 21.7. The van der Waals surface area contributed by atoms with E-state index < -0.39 is 36.3 Å². The molecule has 0 radical (unpaired) electrons. The second kappa shape index (κ2) is 22.9. The molecule has 1 aliphatic heterocycles. The zero-order chi connectivity index (χ0) is 40.5. The molecule has 6 atom stereocenters. The molecule has 0 aromatic rings. The maximum atomic E-state index is 10.6. The lowest BCUT2D eigenvalue weighted by atomic mass is 9.71. The molecule has 0 saturated carbocycles. The summed E-state index contributed by atoms with van der Waals surface area (Å²) in [4.78, 5) is 0. The van der Waals surface area contributed by atoms with Crippen LogP contribution in [0, 0.1) is 5.41 Å². The van der Waals surface area contributed by atoms with Crippen LogP contribution in [-0.4, -0.2) is 69.6 Å². The van der Waals surface area contributed by atoms with E-state index in [1.165, 1.54) is 16.7 Å². The molecule has 7 heteroatoms. The van der Waals surface area contributed by atoms with Crippen LogP contribution in [-0.2, 0) is 14.2 Å². The van der Waals surface area contributed by atoms with Crippen molar-refractivity contribution in [1.82, 2.24) is 0 Å². The van der Waals surface area contributed by atoms with E-state index in [1.54, 1.807) is 19.9 Å². The van der Waals surface area contributed by atoms with Gasteiger partial charge in [-0.1, -0.05) is 158 Å². The monoisotopic (exact) mass is 744 g/mol. The minimum atomic E-state index is -1.18. The van der Waals surface area contributed by atoms with Crippen LogP contribution in [0.5, 0.6) is 0 Å². The zero-order valence-corrected chi connectivity index (χ0v) is 34.6. The first-order chi connectivity index (χ1) is 25.3. The standard InChI is InChI=1S/C47H68O7/c1-12-41-43(49)44(50)45(54-41)53-32-52-42(47(10,11)51)29-27-37(6)25-17-23-35(4)22-15-20-33(2)18-13-14-19-34(3)21-16-24-36(5)26-28-40-38(7)30-39(48)31-46(40,8)9/h13-29,39,41-45,48-51H,12,30-32H2,1-11H3/b14-13+,20-15+,21-16+,23-17+,28-26+,29-27+,33-18+,34-19+,35-22+,36-24+,37-25+/t39-,41-,42+,43+,44-,45-/m1/s1. The average molecular weight is 745 g/mol. The molecule has 0 aromatic carbocycles. The number of allylic oxidation sites excluding steroid dienone is 22. The van der Waals surface area contributed by atoms with Crippen LogP contribution in [0.15, 0.2) is 142 Å². The zero-order valence-electron chi connectivity index (χ0n) is 34.6. The summed E-state index contributed by atoms with van der Waals surface area (Å²) < 4.78 is 16.8. The van der Waals surface area contributed by atoms with Crippen molar-refractivity contribution in [1.29, 1.82) is 0 Å². The van der Waals surface area contributed by atoms with Crippen molar-refractivity contribution < 1.29 is 34.6 Å². The predicted molar refractivity (Wildman–Crippen MR) is 223 cm³/mol. The molecule has 1 saturated heterocycles. The van der Waals surface area contributed by atoms with E-state index in [4.69, 9.17) is 14.2 Å². The second-order valence-electron chi connectivity index (χ2n) is 15.8. The highest BCUT2D eigenvalue weighted by Gasteiger charge is 2.42. The molecule has 4 N–H and O–H groups in total. The average Bonchev–Trinajstić information content (AvgIpc) is 3.34. The Bertz CT molecular complexity index is 1580. The number of hydrogen-bond donors (Lipinski definition) is 4. The molecule has 0 unspecified atom stereocenters. The van der Waals surface area contributed by atoms with E-state index in [9.17, 15) is 20.4 Å². The molecule has 2 rings (SSSR count). The van der Waals surface area contributed by atoms with Gasteiger partial charge in [0.05, 0.1) is 17.8 Å². The first kappa shape index (κ1) is 46.8. The highest BCUT2D eigenvalue weighted by molar-refractivity contribution is 5.38. The van der Waals surface area contributed by atoms with Gasteiger partial charge in [0.25, 0.3) is 0 Å². The van der Waals surface area contributed by atoms with Gasteiger partial charge < -0.3 is 34.6 Å². The molecular weight excluding hydrogens is 677 g/mol. The van der Waals surface area contributed by atoms with Gasteiger partial charge in [-0.2, -0.15) is 0 Å². The molecule has 7 nitrogen and oxygen atoms in total. The quantitative estimate of drug-likeness (QED) is 0.0818. The van der Waals surface area contributed by atoms with Crippen LogP contribution < -0.4 is 0 Å². The van der Waals surface area contributed by atoms with Gasteiger partial charge in [0.2, 0.25) is 0 Å². The first-order valence-corrected chi connectivity index (χ1v) is 19.1. The molecule has 0 aromatic heterocycles. The number of ether oxygens (including phenoxy) is 3. The molecule has 0 spiro atoms. The maximum Gasteiger partial charge on any atom is 0.189 e. The van der Waals surface area contributed by atoms with E-state index in [2.05, 4.69) is 96.2 Å². The van der Waals surface area contributed by atoms with Crippen molar-refractivity contribution in [3.8, 4) is 0 Å². The van der Waals surface area contributed by atoms with E-state index >= 15 is 0 Å². The van der Waals surface area contributed by atoms with Crippen molar-refractivity contribution in [2.45, 2.75) is 138 Å². The highest BCUT2D eigenvalue weighted by Crippen LogP contribution is 2.41. The van der Waals surface area contributed by atoms with Gasteiger partial charge in [-0.15, -0.1) is 0 Å². The topological polar surface area (TPSA) is 109 Å². The Balaban J connectivity index is 1.85. The Hall–Kier alpha value is -3.40. The van der Waals surface area contributed by atoms with E-state index in [-0.39, 0.29) is 18.3 Å². The lowest BCUT2D eigenvalue weighted by Crippen LogP contribution is -2.38. The van der Waals surface area contributed by atoms with Crippen molar-refractivity contribution in [3.63, 3.8) is 0 Å². The summed E-state index contributed by atoms with van der Waals surface area (Å²) in [5.41, 5.74) is 6.95. The molecule has 2 aliphatic rings. The summed E-state index contributed by atoms with van der Waals surface area (Å²) in [6, 6.07) is 0. The van der Waals surface area contributed by atoms with Gasteiger partial charge in [-0.05, 0) is 85.6 Å². The Kier molecular flexibility index (Phi) is 19.8. The third-order valence-electron chi connectivity index (χ3n) is 9.40. The molecule has 1 aliphatic carbocycles. The van der Waals surface area contributed by atoms with Gasteiger partial charge in [-0.3, -0.25) is 0 Å². The Morgan fingerprint density at radius 2 is 1.26 bits per heavy atom. The number of hydrogen-bond acceptors (Lipinski definition) is 7.